The van der Waals surface area contributed by atoms with E-state index in [0.717, 1.165) is 24.0 Å². The van der Waals surface area contributed by atoms with Crippen LogP contribution in [0, 0.1) is 5.82 Å². The molecule has 2 aromatic heterocycles. The Morgan fingerprint density at radius 3 is 2.65 bits per heavy atom. The van der Waals surface area contributed by atoms with Crippen LogP contribution < -0.4 is 4.90 Å². The third-order valence-corrected chi connectivity index (χ3v) is 6.29. The Morgan fingerprint density at radius 1 is 1.16 bits per heavy atom. The maximum absolute atomic E-state index is 15.6. The van der Waals surface area contributed by atoms with Gasteiger partial charge in [-0.05, 0) is 36.5 Å². The summed E-state index contributed by atoms with van der Waals surface area (Å²) in [5.41, 5.74) is 2.20. The first-order chi connectivity index (χ1) is 15.1. The SMILES string of the molecule is C=CC(=O)N1CCN(c2ncnc3c(F)c(-c4cccc(Cl)c4C4CC4)ncc23)CC1. The molecule has 3 aromatic rings. The number of hydrogen-bond donors (Lipinski definition) is 0. The maximum Gasteiger partial charge on any atom is 0.246 e. The van der Waals surface area contributed by atoms with Gasteiger partial charge in [0.25, 0.3) is 0 Å². The summed E-state index contributed by atoms with van der Waals surface area (Å²) < 4.78 is 15.6. The van der Waals surface area contributed by atoms with E-state index in [1.807, 2.05) is 23.1 Å². The Balaban J connectivity index is 1.53. The van der Waals surface area contributed by atoms with Gasteiger partial charge in [0.05, 0.1) is 5.39 Å². The van der Waals surface area contributed by atoms with E-state index >= 15 is 4.39 Å². The fourth-order valence-electron chi connectivity index (χ4n) is 4.22. The second-order valence-electron chi connectivity index (χ2n) is 7.87. The van der Waals surface area contributed by atoms with Crippen LogP contribution in [0.15, 0.2) is 43.4 Å². The molecule has 158 valence electrons. The van der Waals surface area contributed by atoms with Gasteiger partial charge in [-0.25, -0.2) is 14.4 Å². The van der Waals surface area contributed by atoms with E-state index in [2.05, 4.69) is 21.5 Å². The lowest BCUT2D eigenvalue weighted by Gasteiger charge is -2.35. The summed E-state index contributed by atoms with van der Waals surface area (Å²) in [5.74, 6) is 0.432. The van der Waals surface area contributed by atoms with Crippen LogP contribution in [0.5, 0.6) is 0 Å². The van der Waals surface area contributed by atoms with E-state index in [1.165, 1.54) is 12.4 Å². The molecule has 31 heavy (non-hydrogen) atoms. The van der Waals surface area contributed by atoms with Crippen LogP contribution in [0.2, 0.25) is 5.02 Å². The highest BCUT2D eigenvalue weighted by molar-refractivity contribution is 6.31. The van der Waals surface area contributed by atoms with E-state index < -0.39 is 5.82 Å². The second kappa shape index (κ2) is 7.89. The maximum atomic E-state index is 15.6. The van der Waals surface area contributed by atoms with Gasteiger partial charge in [-0.2, -0.15) is 0 Å². The number of amides is 1. The van der Waals surface area contributed by atoms with Crippen LogP contribution in [-0.2, 0) is 4.79 Å². The van der Waals surface area contributed by atoms with Crippen molar-refractivity contribution < 1.29 is 9.18 Å². The lowest BCUT2D eigenvalue weighted by Crippen LogP contribution is -2.48. The van der Waals surface area contributed by atoms with Crippen LogP contribution >= 0.6 is 11.6 Å². The molecule has 1 saturated heterocycles. The molecule has 0 unspecified atom stereocenters. The van der Waals surface area contributed by atoms with Crippen LogP contribution in [-0.4, -0.2) is 51.9 Å². The van der Waals surface area contributed by atoms with Crippen molar-refractivity contribution in [2.45, 2.75) is 18.8 Å². The van der Waals surface area contributed by atoms with Crippen LogP contribution in [0.4, 0.5) is 10.2 Å². The Kier molecular flexibility index (Phi) is 5.06. The molecular weight excluding hydrogens is 417 g/mol. The number of rotatable bonds is 4. The van der Waals surface area contributed by atoms with E-state index in [0.29, 0.717) is 48.3 Å². The standard InChI is InChI=1S/C23H21ClFN5O/c1-2-18(31)29-8-10-30(11-9-29)23-16-12-26-21(20(25)22(16)27-13-28-23)15-4-3-5-17(24)19(15)14-6-7-14/h2-5,12-14H,1,6-11H2. The Hall–Kier alpha value is -3.06. The highest BCUT2D eigenvalue weighted by Crippen LogP contribution is 2.47. The highest BCUT2D eigenvalue weighted by Gasteiger charge is 2.30. The highest BCUT2D eigenvalue weighted by atomic mass is 35.5. The molecule has 5 rings (SSSR count). The zero-order valence-corrected chi connectivity index (χ0v) is 17.6. The minimum absolute atomic E-state index is 0.0856. The third kappa shape index (κ3) is 3.53. The summed E-state index contributed by atoms with van der Waals surface area (Å²) in [7, 11) is 0. The zero-order valence-electron chi connectivity index (χ0n) is 16.9. The molecule has 8 heteroatoms. The predicted octanol–water partition coefficient (Wildman–Crippen LogP) is 4.20. The predicted molar refractivity (Wildman–Crippen MR) is 119 cm³/mol. The summed E-state index contributed by atoms with van der Waals surface area (Å²) in [6.45, 7) is 5.83. The van der Waals surface area contributed by atoms with Gasteiger partial charge in [0.2, 0.25) is 5.91 Å². The Morgan fingerprint density at radius 2 is 1.94 bits per heavy atom. The van der Waals surface area contributed by atoms with Gasteiger partial charge < -0.3 is 9.80 Å². The van der Waals surface area contributed by atoms with Crippen molar-refractivity contribution in [1.29, 1.82) is 0 Å². The number of pyridine rings is 1. The molecule has 0 bridgehead atoms. The molecule has 1 amide bonds. The van der Waals surface area contributed by atoms with E-state index in [4.69, 9.17) is 11.6 Å². The van der Waals surface area contributed by atoms with Crippen molar-refractivity contribution in [3.05, 3.63) is 59.8 Å². The number of benzene rings is 1. The number of fused-ring (bicyclic) bond motifs is 1. The molecule has 0 radical (unpaired) electrons. The normalized spacial score (nSPS) is 16.6. The average molecular weight is 438 g/mol. The van der Waals surface area contributed by atoms with Crippen molar-refractivity contribution >= 4 is 34.2 Å². The van der Waals surface area contributed by atoms with Crippen molar-refractivity contribution in [3.8, 4) is 11.3 Å². The lowest BCUT2D eigenvalue weighted by atomic mass is 9.99. The van der Waals surface area contributed by atoms with Gasteiger partial charge in [-0.1, -0.05) is 30.3 Å². The van der Waals surface area contributed by atoms with Crippen LogP contribution in [0.1, 0.15) is 24.3 Å². The van der Waals surface area contributed by atoms with Crippen molar-refractivity contribution in [3.63, 3.8) is 0 Å². The molecule has 2 aliphatic rings. The smallest absolute Gasteiger partial charge is 0.246 e. The van der Waals surface area contributed by atoms with Gasteiger partial charge in [0, 0.05) is 43.0 Å². The van der Waals surface area contributed by atoms with Gasteiger partial charge >= 0.3 is 0 Å². The lowest BCUT2D eigenvalue weighted by molar-refractivity contribution is -0.126. The monoisotopic (exact) mass is 437 g/mol. The molecular formula is C23H21ClFN5O. The van der Waals surface area contributed by atoms with Gasteiger partial charge in [0.1, 0.15) is 23.4 Å². The molecule has 0 N–H and O–H groups in total. The molecule has 1 saturated carbocycles. The first-order valence-corrected chi connectivity index (χ1v) is 10.7. The fourth-order valence-corrected chi connectivity index (χ4v) is 4.54. The number of nitrogens with zero attached hydrogens (tertiary/aromatic N) is 5. The summed E-state index contributed by atoms with van der Waals surface area (Å²) >= 11 is 6.44. The Labute approximate surface area is 184 Å². The number of carbonyl (C=O) groups is 1. The van der Waals surface area contributed by atoms with Crippen molar-refractivity contribution in [2.75, 3.05) is 31.1 Å². The van der Waals surface area contributed by atoms with Crippen molar-refractivity contribution in [1.82, 2.24) is 19.9 Å². The molecule has 0 atom stereocenters. The van der Waals surface area contributed by atoms with E-state index in [9.17, 15) is 4.79 Å². The number of halogens is 2. The number of aromatic nitrogens is 3. The molecule has 3 heterocycles. The molecule has 1 aliphatic heterocycles. The summed E-state index contributed by atoms with van der Waals surface area (Å²) in [5, 5.41) is 1.21. The molecule has 2 fully saturated rings. The number of carbonyl (C=O) groups excluding carboxylic acids is 1. The fraction of sp³-hybridized carbons (Fsp3) is 0.304. The molecule has 1 aliphatic carbocycles. The zero-order chi connectivity index (χ0) is 21.5. The summed E-state index contributed by atoms with van der Waals surface area (Å²) in [4.78, 5) is 28.7. The van der Waals surface area contributed by atoms with Crippen LogP contribution in [0.3, 0.4) is 0 Å². The summed E-state index contributed by atoms with van der Waals surface area (Å²) in [6.07, 6.45) is 6.45. The minimum atomic E-state index is -0.467. The Bertz CT molecular complexity index is 1190. The first kappa shape index (κ1) is 19.9. The summed E-state index contributed by atoms with van der Waals surface area (Å²) in [6, 6.07) is 5.54. The number of anilines is 1. The van der Waals surface area contributed by atoms with Crippen LogP contribution in [0.25, 0.3) is 22.2 Å². The van der Waals surface area contributed by atoms with E-state index in [-0.39, 0.29) is 17.1 Å². The third-order valence-electron chi connectivity index (χ3n) is 5.96. The van der Waals surface area contributed by atoms with E-state index in [1.54, 1.807) is 11.1 Å². The first-order valence-electron chi connectivity index (χ1n) is 10.3. The average Bonchev–Trinajstić information content (AvgIpc) is 3.64. The molecule has 6 nitrogen and oxygen atoms in total. The van der Waals surface area contributed by atoms with Crippen molar-refractivity contribution in [2.24, 2.45) is 0 Å². The largest absolute Gasteiger partial charge is 0.352 e. The van der Waals surface area contributed by atoms with Gasteiger partial charge in [0.15, 0.2) is 5.82 Å². The minimum Gasteiger partial charge on any atom is -0.352 e. The number of hydrogen-bond acceptors (Lipinski definition) is 5. The number of piperazine rings is 1. The van der Waals surface area contributed by atoms with Gasteiger partial charge in [-0.3, -0.25) is 9.78 Å². The molecule has 0 spiro atoms. The van der Waals surface area contributed by atoms with Gasteiger partial charge in [-0.15, -0.1) is 0 Å². The molecule has 1 aromatic carbocycles. The second-order valence-corrected chi connectivity index (χ2v) is 8.28. The topological polar surface area (TPSA) is 62.2 Å². The quantitative estimate of drug-likeness (QED) is 0.572.